The van der Waals surface area contributed by atoms with Crippen molar-refractivity contribution in [3.63, 3.8) is 0 Å². The Morgan fingerprint density at radius 3 is 2.55 bits per heavy atom. The van der Waals surface area contributed by atoms with Crippen LogP contribution >= 0.6 is 0 Å². The van der Waals surface area contributed by atoms with Crippen molar-refractivity contribution in [3.05, 3.63) is 65.5 Å². The fourth-order valence-corrected chi connectivity index (χ4v) is 1.95. The summed E-state index contributed by atoms with van der Waals surface area (Å²) in [7, 11) is 0. The van der Waals surface area contributed by atoms with E-state index in [4.69, 9.17) is 0 Å². The molecule has 0 saturated carbocycles. The zero-order chi connectivity index (χ0) is 15.8. The van der Waals surface area contributed by atoms with Crippen molar-refractivity contribution in [1.29, 1.82) is 0 Å². The Labute approximate surface area is 129 Å². The van der Waals surface area contributed by atoms with Gasteiger partial charge in [0, 0.05) is 13.1 Å². The van der Waals surface area contributed by atoms with E-state index >= 15 is 0 Å². The molecule has 2 rings (SSSR count). The Morgan fingerprint density at radius 1 is 1.09 bits per heavy atom. The average molecular weight is 301 g/mol. The molecule has 0 bridgehead atoms. The van der Waals surface area contributed by atoms with Crippen LogP contribution in [0.1, 0.15) is 18.1 Å². The molecule has 0 radical (unpaired) electrons. The van der Waals surface area contributed by atoms with Crippen molar-refractivity contribution < 1.29 is 9.50 Å². The molecule has 0 unspecified atom stereocenters. The Morgan fingerprint density at radius 2 is 1.86 bits per heavy atom. The quantitative estimate of drug-likeness (QED) is 0.588. The largest absolute Gasteiger partial charge is 0.508 e. The lowest BCUT2D eigenvalue weighted by Gasteiger charge is -2.11. The molecule has 5 heteroatoms. The monoisotopic (exact) mass is 301 g/mol. The molecule has 3 N–H and O–H groups in total. The number of benzene rings is 2. The van der Waals surface area contributed by atoms with Crippen molar-refractivity contribution in [2.75, 3.05) is 6.54 Å². The molecule has 0 spiro atoms. The maximum absolute atomic E-state index is 13.1. The zero-order valence-electron chi connectivity index (χ0n) is 12.5. The molecule has 0 aliphatic rings. The third kappa shape index (κ3) is 5.09. The third-order valence-electron chi connectivity index (χ3n) is 3.05. The minimum atomic E-state index is -0.255. The number of aromatic hydroxyl groups is 1. The van der Waals surface area contributed by atoms with Gasteiger partial charge in [-0.05, 0) is 42.3 Å². The summed E-state index contributed by atoms with van der Waals surface area (Å²) in [6.07, 6.45) is 0. The molecule has 0 saturated heterocycles. The summed E-state index contributed by atoms with van der Waals surface area (Å²) in [5.74, 6) is 0.657. The Hall–Kier alpha value is -2.56. The first-order chi connectivity index (χ1) is 10.7. The van der Waals surface area contributed by atoms with Gasteiger partial charge in [-0.3, -0.25) is 0 Å². The van der Waals surface area contributed by atoms with Gasteiger partial charge < -0.3 is 15.7 Å². The lowest BCUT2D eigenvalue weighted by molar-refractivity contribution is 0.475. The number of phenolic OH excluding ortho intramolecular Hbond substituents is 1. The highest BCUT2D eigenvalue weighted by atomic mass is 19.1. The third-order valence-corrected chi connectivity index (χ3v) is 3.05. The standard InChI is InChI=1S/C17H20FN3O/c1-2-19-17(20-11-13-6-8-16(22)9-7-13)21-12-14-4-3-5-15(18)10-14/h3-10,22H,2,11-12H2,1H3,(H2,19,20,21). The number of nitrogens with one attached hydrogen (secondary N) is 2. The van der Waals surface area contributed by atoms with E-state index in [1.54, 1.807) is 18.2 Å². The summed E-state index contributed by atoms with van der Waals surface area (Å²) >= 11 is 0. The molecule has 22 heavy (non-hydrogen) atoms. The predicted octanol–water partition coefficient (Wildman–Crippen LogP) is 2.79. The number of aliphatic imine (C=N–C) groups is 1. The number of halogens is 1. The molecule has 0 amide bonds. The minimum absolute atomic E-state index is 0.246. The summed E-state index contributed by atoms with van der Waals surface area (Å²) in [5, 5.41) is 15.6. The van der Waals surface area contributed by atoms with Crippen molar-refractivity contribution in [1.82, 2.24) is 10.6 Å². The maximum atomic E-state index is 13.1. The first-order valence-electron chi connectivity index (χ1n) is 7.22. The van der Waals surface area contributed by atoms with E-state index in [0.29, 0.717) is 19.0 Å². The summed E-state index contributed by atoms with van der Waals surface area (Å²) < 4.78 is 13.1. The van der Waals surface area contributed by atoms with Crippen LogP contribution in [-0.4, -0.2) is 17.6 Å². The Balaban J connectivity index is 1.96. The highest BCUT2D eigenvalue weighted by molar-refractivity contribution is 5.79. The molecule has 0 aliphatic carbocycles. The van der Waals surface area contributed by atoms with Gasteiger partial charge in [0.05, 0.1) is 6.54 Å². The zero-order valence-corrected chi connectivity index (χ0v) is 12.5. The van der Waals surface area contributed by atoms with Crippen LogP contribution in [0.3, 0.4) is 0 Å². The molecule has 116 valence electrons. The van der Waals surface area contributed by atoms with Crippen molar-refractivity contribution in [2.45, 2.75) is 20.0 Å². The summed E-state index contributed by atoms with van der Waals surface area (Å²) in [6.45, 7) is 3.72. The van der Waals surface area contributed by atoms with Gasteiger partial charge >= 0.3 is 0 Å². The number of nitrogens with zero attached hydrogens (tertiary/aromatic N) is 1. The molecule has 0 aliphatic heterocycles. The fourth-order valence-electron chi connectivity index (χ4n) is 1.95. The first kappa shape index (κ1) is 15.8. The van der Waals surface area contributed by atoms with Gasteiger partial charge in [0.2, 0.25) is 0 Å². The minimum Gasteiger partial charge on any atom is -0.508 e. The van der Waals surface area contributed by atoms with Crippen LogP contribution in [0.2, 0.25) is 0 Å². The second kappa shape index (κ2) is 8.02. The Bertz CT molecular complexity index is 626. The van der Waals surface area contributed by atoms with E-state index in [-0.39, 0.29) is 11.6 Å². The molecule has 0 heterocycles. The van der Waals surface area contributed by atoms with E-state index in [1.165, 1.54) is 12.1 Å². The van der Waals surface area contributed by atoms with Gasteiger partial charge in [-0.25, -0.2) is 9.38 Å². The number of guanidine groups is 1. The molecule has 0 aromatic heterocycles. The molecule has 2 aromatic carbocycles. The van der Waals surface area contributed by atoms with Crippen LogP contribution in [0.5, 0.6) is 5.75 Å². The van der Waals surface area contributed by atoms with Gasteiger partial charge in [0.25, 0.3) is 0 Å². The average Bonchev–Trinajstić information content (AvgIpc) is 2.52. The molecule has 0 fully saturated rings. The molecule has 4 nitrogen and oxygen atoms in total. The lowest BCUT2D eigenvalue weighted by Crippen LogP contribution is -2.36. The molecular weight excluding hydrogens is 281 g/mol. The number of hydrogen-bond acceptors (Lipinski definition) is 2. The van der Waals surface area contributed by atoms with Crippen LogP contribution < -0.4 is 10.6 Å². The summed E-state index contributed by atoms with van der Waals surface area (Å²) in [5.41, 5.74) is 1.86. The van der Waals surface area contributed by atoms with Crippen LogP contribution in [0.4, 0.5) is 4.39 Å². The number of phenols is 1. The highest BCUT2D eigenvalue weighted by Crippen LogP contribution is 2.09. The van der Waals surface area contributed by atoms with E-state index in [0.717, 1.165) is 17.7 Å². The van der Waals surface area contributed by atoms with Gasteiger partial charge in [0.1, 0.15) is 11.6 Å². The molecular formula is C17H20FN3O. The normalized spacial score (nSPS) is 11.3. The smallest absolute Gasteiger partial charge is 0.191 e. The maximum Gasteiger partial charge on any atom is 0.191 e. The van der Waals surface area contributed by atoms with Gasteiger partial charge in [0.15, 0.2) is 5.96 Å². The van der Waals surface area contributed by atoms with E-state index < -0.39 is 0 Å². The van der Waals surface area contributed by atoms with Crippen LogP contribution in [0, 0.1) is 5.82 Å². The summed E-state index contributed by atoms with van der Waals surface area (Å²) in [6, 6.07) is 13.4. The van der Waals surface area contributed by atoms with Crippen molar-refractivity contribution >= 4 is 5.96 Å². The van der Waals surface area contributed by atoms with E-state index in [2.05, 4.69) is 15.6 Å². The second-order valence-electron chi connectivity index (χ2n) is 4.85. The lowest BCUT2D eigenvalue weighted by atomic mass is 10.2. The van der Waals surface area contributed by atoms with E-state index in [9.17, 15) is 9.50 Å². The molecule has 0 atom stereocenters. The van der Waals surface area contributed by atoms with Gasteiger partial charge in [-0.2, -0.15) is 0 Å². The van der Waals surface area contributed by atoms with Gasteiger partial charge in [-0.1, -0.05) is 24.3 Å². The van der Waals surface area contributed by atoms with Gasteiger partial charge in [-0.15, -0.1) is 0 Å². The van der Waals surface area contributed by atoms with Crippen LogP contribution in [0.25, 0.3) is 0 Å². The number of hydrogen-bond donors (Lipinski definition) is 3. The SMILES string of the molecule is CCNC(=NCc1cccc(F)c1)NCc1ccc(O)cc1. The topological polar surface area (TPSA) is 56.7 Å². The first-order valence-corrected chi connectivity index (χ1v) is 7.22. The fraction of sp³-hybridized carbons (Fsp3) is 0.235. The van der Waals surface area contributed by atoms with Crippen molar-refractivity contribution in [2.24, 2.45) is 4.99 Å². The van der Waals surface area contributed by atoms with Crippen LogP contribution in [0.15, 0.2) is 53.5 Å². The van der Waals surface area contributed by atoms with Crippen LogP contribution in [-0.2, 0) is 13.1 Å². The van der Waals surface area contributed by atoms with E-state index in [1.807, 2.05) is 25.1 Å². The Kier molecular flexibility index (Phi) is 5.77. The predicted molar refractivity (Wildman–Crippen MR) is 86.2 cm³/mol. The second-order valence-corrected chi connectivity index (χ2v) is 4.85. The molecule has 2 aromatic rings. The summed E-state index contributed by atoms with van der Waals surface area (Å²) in [4.78, 5) is 4.44. The number of rotatable bonds is 5. The highest BCUT2D eigenvalue weighted by Gasteiger charge is 2.00. The van der Waals surface area contributed by atoms with Crippen molar-refractivity contribution in [3.8, 4) is 5.75 Å².